The number of nitrogens with zero attached hydrogens (tertiary/aromatic N) is 2. The number of aryl methyl sites for hydroxylation is 1. The molecule has 0 bridgehead atoms. The van der Waals surface area contributed by atoms with Crippen LogP contribution < -0.4 is 10.6 Å². The fourth-order valence-electron chi connectivity index (χ4n) is 3.79. The molecule has 2 aromatic rings. The van der Waals surface area contributed by atoms with E-state index in [1.54, 1.807) is 0 Å². The van der Waals surface area contributed by atoms with Crippen LogP contribution in [0.2, 0.25) is 0 Å². The van der Waals surface area contributed by atoms with E-state index in [4.69, 9.17) is 5.11 Å². The summed E-state index contributed by atoms with van der Waals surface area (Å²) in [5.74, 6) is -0.180. The summed E-state index contributed by atoms with van der Waals surface area (Å²) in [6, 6.07) is 8.07. The molecule has 2 atom stereocenters. The molecule has 1 saturated heterocycles. The van der Waals surface area contributed by atoms with Crippen LogP contribution in [0.4, 0.5) is 0 Å². The molecule has 0 radical (unpaired) electrons. The number of fused-ring (bicyclic) bond motifs is 1. The van der Waals surface area contributed by atoms with Gasteiger partial charge in [0.2, 0.25) is 11.8 Å². The fourth-order valence-corrected chi connectivity index (χ4v) is 3.79. The maximum absolute atomic E-state index is 12.5. The SMILES string of the molecule is CCNC(=O)[C@@H]1C[C@H](NC(=O)CCO)CN1Cc1ccc2ccn(C)c2c1. The summed E-state index contributed by atoms with van der Waals surface area (Å²) in [6.45, 7) is 3.58. The lowest BCUT2D eigenvalue weighted by Gasteiger charge is -2.23. The van der Waals surface area contributed by atoms with Gasteiger partial charge in [0.25, 0.3) is 0 Å². The van der Waals surface area contributed by atoms with Crippen LogP contribution in [0.5, 0.6) is 0 Å². The standard InChI is InChI=1S/C20H28N4O3/c1-3-21-20(27)18-11-16(22-19(26)7-9-25)13-24(18)12-14-4-5-15-6-8-23(2)17(15)10-14/h4-6,8,10,16,18,25H,3,7,9,11-13H2,1-2H3,(H,21,27)(H,22,26)/t16-,18-/m0/s1. The number of likely N-dealkylation sites (N-methyl/N-ethyl adjacent to an activating group) is 1. The third-order valence-corrected chi connectivity index (χ3v) is 5.10. The zero-order valence-electron chi connectivity index (χ0n) is 15.9. The molecule has 0 aliphatic carbocycles. The summed E-state index contributed by atoms with van der Waals surface area (Å²) < 4.78 is 2.09. The van der Waals surface area contributed by atoms with Crippen molar-refractivity contribution < 1.29 is 14.7 Å². The highest BCUT2D eigenvalue weighted by molar-refractivity contribution is 5.83. The number of hydrogen-bond donors (Lipinski definition) is 3. The van der Waals surface area contributed by atoms with E-state index < -0.39 is 0 Å². The molecule has 3 rings (SSSR count). The number of nitrogens with one attached hydrogen (secondary N) is 2. The van der Waals surface area contributed by atoms with E-state index >= 15 is 0 Å². The van der Waals surface area contributed by atoms with Crippen LogP contribution in [0.1, 0.15) is 25.3 Å². The van der Waals surface area contributed by atoms with Crippen molar-refractivity contribution in [3.63, 3.8) is 0 Å². The van der Waals surface area contributed by atoms with Crippen LogP contribution >= 0.6 is 0 Å². The molecule has 2 heterocycles. The van der Waals surface area contributed by atoms with E-state index in [-0.39, 0.29) is 36.9 Å². The normalized spacial score (nSPS) is 20.1. The Morgan fingerprint density at radius 3 is 2.85 bits per heavy atom. The molecule has 2 amide bonds. The Bertz CT molecular complexity index is 817. The van der Waals surface area contributed by atoms with E-state index in [1.165, 1.54) is 5.39 Å². The molecule has 146 valence electrons. The van der Waals surface area contributed by atoms with Crippen LogP contribution in [-0.2, 0) is 23.2 Å². The van der Waals surface area contributed by atoms with Crippen molar-refractivity contribution in [3.8, 4) is 0 Å². The minimum atomic E-state index is -0.270. The van der Waals surface area contributed by atoms with E-state index in [9.17, 15) is 9.59 Å². The Labute approximate surface area is 159 Å². The van der Waals surface area contributed by atoms with E-state index in [0.717, 1.165) is 11.1 Å². The summed E-state index contributed by atoms with van der Waals surface area (Å²) in [5, 5.41) is 15.9. The second kappa shape index (κ2) is 8.54. The Kier molecular flexibility index (Phi) is 6.13. The number of carbonyl (C=O) groups excluding carboxylic acids is 2. The number of aliphatic hydroxyl groups is 1. The number of aliphatic hydroxyl groups excluding tert-OH is 1. The molecule has 0 saturated carbocycles. The van der Waals surface area contributed by atoms with Gasteiger partial charge in [0.05, 0.1) is 12.6 Å². The maximum Gasteiger partial charge on any atom is 0.237 e. The zero-order chi connectivity index (χ0) is 19.4. The van der Waals surface area contributed by atoms with Crippen LogP contribution in [0.15, 0.2) is 30.5 Å². The van der Waals surface area contributed by atoms with Gasteiger partial charge in [-0.25, -0.2) is 0 Å². The highest BCUT2D eigenvalue weighted by atomic mass is 16.3. The average molecular weight is 372 g/mol. The van der Waals surface area contributed by atoms with Gasteiger partial charge in [-0.05, 0) is 36.4 Å². The van der Waals surface area contributed by atoms with Crippen molar-refractivity contribution >= 4 is 22.7 Å². The molecule has 1 aromatic carbocycles. The lowest BCUT2D eigenvalue weighted by molar-refractivity contribution is -0.126. The number of rotatable bonds is 7. The molecule has 1 aliphatic heterocycles. The van der Waals surface area contributed by atoms with Crippen molar-refractivity contribution in [2.45, 2.75) is 38.4 Å². The minimum absolute atomic E-state index is 0.00338. The maximum atomic E-state index is 12.5. The lowest BCUT2D eigenvalue weighted by Crippen LogP contribution is -2.42. The molecule has 0 spiro atoms. The van der Waals surface area contributed by atoms with Crippen molar-refractivity contribution in [2.24, 2.45) is 7.05 Å². The van der Waals surface area contributed by atoms with Gasteiger partial charge in [0, 0.05) is 50.9 Å². The molecule has 7 heteroatoms. The number of benzene rings is 1. The predicted octanol–water partition coefficient (Wildman–Crippen LogP) is 0.756. The predicted molar refractivity (Wildman–Crippen MR) is 104 cm³/mol. The Morgan fingerprint density at radius 1 is 1.30 bits per heavy atom. The van der Waals surface area contributed by atoms with Gasteiger partial charge in [0.15, 0.2) is 0 Å². The Balaban J connectivity index is 1.75. The van der Waals surface area contributed by atoms with Crippen molar-refractivity contribution in [1.82, 2.24) is 20.1 Å². The van der Waals surface area contributed by atoms with Crippen molar-refractivity contribution in [2.75, 3.05) is 19.7 Å². The monoisotopic (exact) mass is 372 g/mol. The third-order valence-electron chi connectivity index (χ3n) is 5.10. The Hall–Kier alpha value is -2.38. The first-order chi connectivity index (χ1) is 13.0. The molecular weight excluding hydrogens is 344 g/mol. The molecule has 1 fully saturated rings. The first kappa shape index (κ1) is 19.4. The summed E-state index contributed by atoms with van der Waals surface area (Å²) in [6.07, 6.45) is 2.70. The summed E-state index contributed by atoms with van der Waals surface area (Å²) in [7, 11) is 2.02. The largest absolute Gasteiger partial charge is 0.396 e. The lowest BCUT2D eigenvalue weighted by atomic mass is 10.1. The molecule has 1 aromatic heterocycles. The summed E-state index contributed by atoms with van der Waals surface area (Å²) in [5.41, 5.74) is 2.30. The van der Waals surface area contributed by atoms with Crippen molar-refractivity contribution in [3.05, 3.63) is 36.0 Å². The van der Waals surface area contributed by atoms with Gasteiger partial charge >= 0.3 is 0 Å². The highest BCUT2D eigenvalue weighted by Crippen LogP contribution is 2.23. The van der Waals surface area contributed by atoms with E-state index in [0.29, 0.717) is 26.1 Å². The molecule has 27 heavy (non-hydrogen) atoms. The van der Waals surface area contributed by atoms with E-state index in [1.807, 2.05) is 20.2 Å². The zero-order valence-corrected chi connectivity index (χ0v) is 15.9. The van der Waals surface area contributed by atoms with Gasteiger partial charge in [-0.15, -0.1) is 0 Å². The first-order valence-electron chi connectivity index (χ1n) is 9.47. The molecule has 7 nitrogen and oxygen atoms in total. The number of aromatic nitrogens is 1. The Morgan fingerprint density at radius 2 is 2.11 bits per heavy atom. The van der Waals surface area contributed by atoms with Crippen LogP contribution in [-0.4, -0.2) is 58.2 Å². The number of amides is 2. The smallest absolute Gasteiger partial charge is 0.237 e. The number of carbonyl (C=O) groups is 2. The van der Waals surface area contributed by atoms with Gasteiger partial charge in [-0.2, -0.15) is 0 Å². The average Bonchev–Trinajstić information content (AvgIpc) is 3.19. The quantitative estimate of drug-likeness (QED) is 0.670. The van der Waals surface area contributed by atoms with Crippen molar-refractivity contribution in [1.29, 1.82) is 0 Å². The second-order valence-corrected chi connectivity index (χ2v) is 7.13. The van der Waals surface area contributed by atoms with Gasteiger partial charge in [0.1, 0.15) is 0 Å². The second-order valence-electron chi connectivity index (χ2n) is 7.13. The molecule has 3 N–H and O–H groups in total. The third kappa shape index (κ3) is 4.48. The van der Waals surface area contributed by atoms with Crippen LogP contribution in [0.25, 0.3) is 10.9 Å². The summed E-state index contributed by atoms with van der Waals surface area (Å²) >= 11 is 0. The molecule has 0 unspecified atom stereocenters. The first-order valence-corrected chi connectivity index (χ1v) is 9.47. The summed E-state index contributed by atoms with van der Waals surface area (Å²) in [4.78, 5) is 26.5. The number of likely N-dealkylation sites (tertiary alicyclic amines) is 1. The van der Waals surface area contributed by atoms with Crippen LogP contribution in [0.3, 0.4) is 0 Å². The number of hydrogen-bond acceptors (Lipinski definition) is 4. The van der Waals surface area contributed by atoms with Gasteiger partial charge in [-0.1, -0.05) is 12.1 Å². The molecular formula is C20H28N4O3. The molecule has 1 aliphatic rings. The minimum Gasteiger partial charge on any atom is -0.396 e. The fraction of sp³-hybridized carbons (Fsp3) is 0.500. The highest BCUT2D eigenvalue weighted by Gasteiger charge is 2.37. The topological polar surface area (TPSA) is 86.6 Å². The van der Waals surface area contributed by atoms with E-state index in [2.05, 4.69) is 44.4 Å². The van der Waals surface area contributed by atoms with Gasteiger partial charge in [-0.3, -0.25) is 14.5 Å². The van der Waals surface area contributed by atoms with Gasteiger partial charge < -0.3 is 20.3 Å². The van der Waals surface area contributed by atoms with Crippen LogP contribution in [0, 0.1) is 0 Å².